The lowest BCUT2D eigenvalue weighted by molar-refractivity contribution is 0.161. The van der Waals surface area contributed by atoms with Gasteiger partial charge in [0.2, 0.25) is 0 Å². The predicted octanol–water partition coefficient (Wildman–Crippen LogP) is 4.90. The van der Waals surface area contributed by atoms with Crippen LogP contribution in [0.25, 0.3) is 11.4 Å². The Bertz CT molecular complexity index is 817. The molecule has 1 aliphatic rings. The van der Waals surface area contributed by atoms with Crippen LogP contribution >= 0.6 is 7.82 Å². The number of phosphoric ester groups is 1. The van der Waals surface area contributed by atoms with Crippen molar-refractivity contribution in [1.82, 2.24) is 9.80 Å². The van der Waals surface area contributed by atoms with Crippen LogP contribution in [-0.2, 0) is 13.6 Å². The maximum absolute atomic E-state index is 10.5. The topological polar surface area (TPSA) is 62.2 Å². The highest BCUT2D eigenvalue weighted by molar-refractivity contribution is 7.47. The van der Waals surface area contributed by atoms with E-state index >= 15 is 0 Å². The number of hydrogen-bond donors (Lipinski definition) is 1. The predicted molar refractivity (Wildman–Crippen MR) is 118 cm³/mol. The van der Waals surface area contributed by atoms with Crippen LogP contribution in [0.5, 0.6) is 0 Å². The Hall–Kier alpha value is -2.11. The Kier molecular flexibility index (Phi) is 8.93. The van der Waals surface area contributed by atoms with Crippen LogP contribution in [0.15, 0.2) is 60.7 Å². The van der Waals surface area contributed by atoms with Crippen molar-refractivity contribution in [2.24, 2.45) is 0 Å². The van der Waals surface area contributed by atoms with Gasteiger partial charge < -0.3 is 14.7 Å². The third-order valence-electron chi connectivity index (χ3n) is 4.37. The second-order valence-corrected chi connectivity index (χ2v) is 7.88. The fourth-order valence-electron chi connectivity index (χ4n) is 3.22. The Morgan fingerprint density at radius 3 is 1.72 bits per heavy atom. The molecule has 2 aromatic rings. The van der Waals surface area contributed by atoms with Gasteiger partial charge in [0, 0.05) is 13.6 Å². The lowest BCUT2D eigenvalue weighted by Crippen LogP contribution is -2.24. The van der Waals surface area contributed by atoms with E-state index in [2.05, 4.69) is 93.5 Å². The molecular weight excluding hydrogens is 387 g/mol. The summed E-state index contributed by atoms with van der Waals surface area (Å²) in [6.07, 6.45) is 0. The van der Waals surface area contributed by atoms with Crippen LogP contribution in [0.1, 0.15) is 31.9 Å². The van der Waals surface area contributed by atoms with E-state index in [0.29, 0.717) is 0 Å². The van der Waals surface area contributed by atoms with Gasteiger partial charge in [-0.05, 0) is 31.9 Å². The number of nitrogens with zero attached hydrogens (tertiary/aromatic N) is 2. The maximum Gasteiger partial charge on any atom is 0.472 e. The highest BCUT2D eigenvalue weighted by Gasteiger charge is 2.27. The normalized spacial score (nSPS) is 14.1. The monoisotopic (exact) mass is 418 g/mol. The van der Waals surface area contributed by atoms with Gasteiger partial charge in [0.25, 0.3) is 0 Å². The standard InChI is InChI=1S/C18H20N2.C4H11O4P/c1-3-20-14-19(2)17(15-10-6-4-7-11-15)18(20)16-12-8-5-9-13-16;1-3-7-9(5,6)8-4-2/h4-13H,3,14H2,1-2H3;3-4H2,1-2H3,(H,5,6). The smallest absolute Gasteiger partial charge is 0.355 e. The van der Waals surface area contributed by atoms with Crippen molar-refractivity contribution >= 4 is 19.2 Å². The van der Waals surface area contributed by atoms with E-state index in [1.807, 2.05) is 0 Å². The fraction of sp³-hybridized carbons (Fsp3) is 0.364. The maximum atomic E-state index is 10.5. The summed E-state index contributed by atoms with van der Waals surface area (Å²) in [5.41, 5.74) is 5.22. The van der Waals surface area contributed by atoms with Gasteiger partial charge in [-0.2, -0.15) is 0 Å². The summed E-state index contributed by atoms with van der Waals surface area (Å²) in [6, 6.07) is 21.3. The van der Waals surface area contributed by atoms with Crippen molar-refractivity contribution in [2.45, 2.75) is 20.8 Å². The molecule has 0 aromatic heterocycles. The summed E-state index contributed by atoms with van der Waals surface area (Å²) in [5, 5.41) is 0. The van der Waals surface area contributed by atoms with Crippen LogP contribution in [0.3, 0.4) is 0 Å². The van der Waals surface area contributed by atoms with Crippen molar-refractivity contribution in [3.05, 3.63) is 71.8 Å². The molecule has 0 radical (unpaired) electrons. The number of benzene rings is 2. The summed E-state index contributed by atoms with van der Waals surface area (Å²) < 4.78 is 19.2. The summed E-state index contributed by atoms with van der Waals surface area (Å²) in [4.78, 5) is 13.4. The van der Waals surface area contributed by atoms with Crippen molar-refractivity contribution < 1.29 is 18.5 Å². The molecule has 6 nitrogen and oxygen atoms in total. The van der Waals surface area contributed by atoms with Gasteiger partial charge in [0.05, 0.1) is 31.3 Å². The summed E-state index contributed by atoms with van der Waals surface area (Å²) in [7, 11) is -1.52. The van der Waals surface area contributed by atoms with Crippen LogP contribution in [0.4, 0.5) is 0 Å². The van der Waals surface area contributed by atoms with E-state index in [4.69, 9.17) is 4.89 Å². The van der Waals surface area contributed by atoms with Gasteiger partial charge in [0.15, 0.2) is 0 Å². The second kappa shape index (κ2) is 11.2. The van der Waals surface area contributed by atoms with E-state index in [1.54, 1.807) is 13.8 Å². The number of hydrogen-bond acceptors (Lipinski definition) is 5. The first kappa shape index (κ1) is 23.2. The van der Waals surface area contributed by atoms with Gasteiger partial charge in [-0.1, -0.05) is 60.7 Å². The van der Waals surface area contributed by atoms with E-state index in [1.165, 1.54) is 22.5 Å². The molecule has 158 valence electrons. The summed E-state index contributed by atoms with van der Waals surface area (Å²) >= 11 is 0. The van der Waals surface area contributed by atoms with Crippen LogP contribution in [0.2, 0.25) is 0 Å². The first-order chi connectivity index (χ1) is 13.9. The molecule has 2 aromatic carbocycles. The molecular formula is C22H31N2O4P. The lowest BCUT2D eigenvalue weighted by atomic mass is 10.0. The van der Waals surface area contributed by atoms with E-state index in [9.17, 15) is 4.57 Å². The highest BCUT2D eigenvalue weighted by Crippen LogP contribution is 2.42. The molecule has 7 heteroatoms. The summed E-state index contributed by atoms with van der Waals surface area (Å²) in [5.74, 6) is 0. The first-order valence-electron chi connectivity index (χ1n) is 9.86. The molecule has 29 heavy (non-hydrogen) atoms. The third kappa shape index (κ3) is 6.44. The van der Waals surface area contributed by atoms with Gasteiger partial charge in [-0.25, -0.2) is 4.57 Å². The molecule has 0 atom stereocenters. The zero-order valence-corrected chi connectivity index (χ0v) is 18.5. The van der Waals surface area contributed by atoms with E-state index < -0.39 is 7.82 Å². The van der Waals surface area contributed by atoms with E-state index in [0.717, 1.165) is 13.2 Å². The zero-order valence-electron chi connectivity index (χ0n) is 17.6. The number of rotatable bonds is 7. The average Bonchev–Trinajstić information content (AvgIpc) is 3.06. The summed E-state index contributed by atoms with van der Waals surface area (Å²) in [6.45, 7) is 7.81. The van der Waals surface area contributed by atoms with Gasteiger partial charge in [0.1, 0.15) is 0 Å². The largest absolute Gasteiger partial charge is 0.472 e. The van der Waals surface area contributed by atoms with Gasteiger partial charge in [-0.15, -0.1) is 0 Å². The molecule has 0 unspecified atom stereocenters. The number of phosphoric acid groups is 1. The van der Waals surface area contributed by atoms with Crippen molar-refractivity contribution in [3.8, 4) is 0 Å². The van der Waals surface area contributed by atoms with Crippen LogP contribution in [0, 0.1) is 0 Å². The second-order valence-electron chi connectivity index (χ2n) is 6.43. The van der Waals surface area contributed by atoms with Crippen LogP contribution in [-0.4, -0.2) is 48.2 Å². The molecule has 0 amide bonds. The average molecular weight is 418 g/mol. The molecule has 1 N–H and O–H groups in total. The van der Waals surface area contributed by atoms with Gasteiger partial charge in [-0.3, -0.25) is 9.05 Å². The molecule has 0 spiro atoms. The van der Waals surface area contributed by atoms with E-state index in [-0.39, 0.29) is 13.2 Å². The molecule has 1 heterocycles. The van der Waals surface area contributed by atoms with Crippen molar-refractivity contribution in [2.75, 3.05) is 33.5 Å². The fourth-order valence-corrected chi connectivity index (χ4v) is 3.95. The molecule has 3 rings (SSSR count). The molecule has 0 fully saturated rings. The Morgan fingerprint density at radius 1 is 0.862 bits per heavy atom. The van der Waals surface area contributed by atoms with Crippen molar-refractivity contribution in [3.63, 3.8) is 0 Å². The molecule has 0 bridgehead atoms. The molecule has 1 aliphatic heterocycles. The SMILES string of the molecule is CCN1CN(C)C(c2ccccc2)=C1c1ccccc1.CCOP(=O)(O)OCC. The quantitative estimate of drug-likeness (QED) is 0.646. The first-order valence-corrected chi connectivity index (χ1v) is 11.4. The highest BCUT2D eigenvalue weighted by atomic mass is 31.2. The van der Waals surface area contributed by atoms with Crippen LogP contribution < -0.4 is 0 Å². The Morgan fingerprint density at radius 2 is 1.31 bits per heavy atom. The zero-order chi connectivity index (χ0) is 21.3. The molecule has 0 saturated heterocycles. The van der Waals surface area contributed by atoms with Crippen molar-refractivity contribution in [1.29, 1.82) is 0 Å². The molecule has 0 aliphatic carbocycles. The minimum Gasteiger partial charge on any atom is -0.355 e. The minimum absolute atomic E-state index is 0.188. The minimum atomic E-state index is -3.69. The van der Waals surface area contributed by atoms with Gasteiger partial charge >= 0.3 is 7.82 Å². The molecule has 0 saturated carbocycles. The Balaban J connectivity index is 0.000000284. The third-order valence-corrected chi connectivity index (χ3v) is 5.53. The lowest BCUT2D eigenvalue weighted by Gasteiger charge is -2.20. The Labute approximate surface area is 174 Å².